The van der Waals surface area contributed by atoms with Gasteiger partial charge in [-0.2, -0.15) is 0 Å². The molecule has 0 aliphatic heterocycles. The van der Waals surface area contributed by atoms with Crippen molar-refractivity contribution in [3.8, 4) is 54.3 Å². The molecule has 152 valence electrons. The Labute approximate surface area is 184 Å². The monoisotopic (exact) mass is 406 g/mol. The van der Waals surface area contributed by atoms with Crippen molar-refractivity contribution < 1.29 is 14.2 Å². The molecule has 31 heavy (non-hydrogen) atoms. The first-order valence-electron chi connectivity index (χ1n) is 9.74. The quantitative estimate of drug-likeness (QED) is 0.374. The Morgan fingerprint density at radius 3 is 0.968 bits per heavy atom. The van der Waals surface area contributed by atoms with Crippen LogP contribution in [-0.4, -0.2) is 19.8 Å². The highest BCUT2D eigenvalue weighted by molar-refractivity contribution is 5.47. The summed E-state index contributed by atoms with van der Waals surface area (Å²) < 4.78 is 16.5. The van der Waals surface area contributed by atoms with E-state index in [1.807, 2.05) is 72.8 Å². The maximum Gasteiger partial charge on any atom is 0.148 e. The van der Waals surface area contributed by atoms with Crippen molar-refractivity contribution in [2.45, 2.75) is 5.92 Å². The third kappa shape index (κ3) is 5.86. The summed E-state index contributed by atoms with van der Waals surface area (Å²) in [4.78, 5) is 0. The lowest BCUT2D eigenvalue weighted by molar-refractivity contribution is 0.370. The molecular weight excluding hydrogens is 384 g/mol. The predicted octanol–water partition coefficient (Wildman–Crippen LogP) is 4.90. The summed E-state index contributed by atoms with van der Waals surface area (Å²) in [7, 11) is 0. The van der Waals surface area contributed by atoms with E-state index in [9.17, 15) is 0 Å². The number of hydrogen-bond acceptors (Lipinski definition) is 3. The third-order valence-electron chi connectivity index (χ3n) is 4.61. The standard InChI is InChI=1S/C28H22O3/c1-4-19-29-25-13-7-22(8-14-25)28(23-9-15-26(16-10-23)30-20-5-2)24-11-17-27(18-12-24)31-21-6-3/h1-3,7-18,28H,19-21H2. The fourth-order valence-electron chi connectivity index (χ4n) is 3.22. The van der Waals surface area contributed by atoms with E-state index >= 15 is 0 Å². The molecule has 3 aromatic rings. The van der Waals surface area contributed by atoms with Crippen LogP contribution in [0.2, 0.25) is 0 Å². The Morgan fingerprint density at radius 1 is 0.484 bits per heavy atom. The van der Waals surface area contributed by atoms with Crippen molar-refractivity contribution in [2.24, 2.45) is 0 Å². The van der Waals surface area contributed by atoms with Crippen LogP contribution in [0.4, 0.5) is 0 Å². The summed E-state index contributed by atoms with van der Waals surface area (Å²) in [6.07, 6.45) is 15.8. The minimum Gasteiger partial charge on any atom is -0.481 e. The first-order valence-corrected chi connectivity index (χ1v) is 9.74. The van der Waals surface area contributed by atoms with Crippen molar-refractivity contribution in [3.05, 3.63) is 89.5 Å². The Kier molecular flexibility index (Phi) is 7.65. The molecule has 0 bridgehead atoms. The van der Waals surface area contributed by atoms with Crippen LogP contribution in [-0.2, 0) is 0 Å². The van der Waals surface area contributed by atoms with Crippen molar-refractivity contribution in [3.63, 3.8) is 0 Å². The number of terminal acetylenes is 3. The molecular formula is C28H22O3. The second-order valence-corrected chi connectivity index (χ2v) is 6.62. The van der Waals surface area contributed by atoms with E-state index in [0.29, 0.717) is 0 Å². The molecule has 3 nitrogen and oxygen atoms in total. The topological polar surface area (TPSA) is 27.7 Å². The molecule has 3 heteroatoms. The molecule has 0 spiro atoms. The van der Waals surface area contributed by atoms with E-state index in [1.54, 1.807) is 0 Å². The molecule has 0 heterocycles. The molecule has 0 aliphatic carbocycles. The highest BCUT2D eigenvalue weighted by Crippen LogP contribution is 2.34. The van der Waals surface area contributed by atoms with E-state index in [4.69, 9.17) is 33.5 Å². The van der Waals surface area contributed by atoms with Crippen LogP contribution < -0.4 is 14.2 Å². The Hall–Kier alpha value is -4.26. The van der Waals surface area contributed by atoms with Crippen molar-refractivity contribution in [1.82, 2.24) is 0 Å². The number of rotatable bonds is 9. The van der Waals surface area contributed by atoms with Crippen LogP contribution in [0, 0.1) is 37.0 Å². The average Bonchev–Trinajstić information content (AvgIpc) is 2.82. The number of ether oxygens (including phenoxy) is 3. The second kappa shape index (κ2) is 11.1. The zero-order chi connectivity index (χ0) is 21.9. The van der Waals surface area contributed by atoms with E-state index in [1.165, 1.54) is 0 Å². The van der Waals surface area contributed by atoms with E-state index < -0.39 is 0 Å². The summed E-state index contributed by atoms with van der Waals surface area (Å²) in [5, 5.41) is 0. The van der Waals surface area contributed by atoms with Gasteiger partial charge in [0.25, 0.3) is 0 Å². The summed E-state index contributed by atoms with van der Waals surface area (Å²) in [6, 6.07) is 23.8. The SMILES string of the molecule is C#CCOc1ccc(C(c2ccc(OCC#C)cc2)c2ccc(OCC#C)cc2)cc1. The molecule has 0 aromatic heterocycles. The van der Waals surface area contributed by atoms with Gasteiger partial charge in [0.1, 0.15) is 37.1 Å². The van der Waals surface area contributed by atoms with Crippen molar-refractivity contribution in [2.75, 3.05) is 19.8 Å². The average molecular weight is 406 g/mol. The fourth-order valence-corrected chi connectivity index (χ4v) is 3.22. The van der Waals surface area contributed by atoms with Crippen molar-refractivity contribution in [1.29, 1.82) is 0 Å². The maximum absolute atomic E-state index is 5.51. The van der Waals surface area contributed by atoms with Crippen molar-refractivity contribution >= 4 is 0 Å². The van der Waals surface area contributed by atoms with Crippen LogP contribution in [0.3, 0.4) is 0 Å². The highest BCUT2D eigenvalue weighted by Gasteiger charge is 2.17. The van der Waals surface area contributed by atoms with E-state index in [-0.39, 0.29) is 25.7 Å². The summed E-state index contributed by atoms with van der Waals surface area (Å²) in [6.45, 7) is 0.711. The molecule has 0 atom stereocenters. The van der Waals surface area contributed by atoms with Gasteiger partial charge in [-0.15, -0.1) is 19.3 Å². The molecule has 0 unspecified atom stereocenters. The van der Waals surface area contributed by atoms with Gasteiger partial charge in [0, 0.05) is 5.92 Å². The Morgan fingerprint density at radius 2 is 0.742 bits per heavy atom. The summed E-state index contributed by atoms with van der Waals surface area (Å²) in [5.41, 5.74) is 3.34. The van der Waals surface area contributed by atoms with E-state index in [2.05, 4.69) is 17.8 Å². The van der Waals surface area contributed by atoms with E-state index in [0.717, 1.165) is 33.9 Å². The first-order chi connectivity index (χ1) is 15.2. The Balaban J connectivity index is 1.93. The lowest BCUT2D eigenvalue weighted by Crippen LogP contribution is -2.04. The van der Waals surface area contributed by atoms with Gasteiger partial charge in [-0.25, -0.2) is 0 Å². The van der Waals surface area contributed by atoms with Gasteiger partial charge in [-0.3, -0.25) is 0 Å². The lowest BCUT2D eigenvalue weighted by atomic mass is 9.85. The number of benzene rings is 3. The van der Waals surface area contributed by atoms with Gasteiger partial charge in [0.15, 0.2) is 0 Å². The first kappa shape index (κ1) is 21.4. The molecule has 0 N–H and O–H groups in total. The van der Waals surface area contributed by atoms with Gasteiger partial charge >= 0.3 is 0 Å². The van der Waals surface area contributed by atoms with Gasteiger partial charge in [-0.1, -0.05) is 54.2 Å². The van der Waals surface area contributed by atoms with Crippen LogP contribution in [0.15, 0.2) is 72.8 Å². The van der Waals surface area contributed by atoms with Crippen LogP contribution >= 0.6 is 0 Å². The van der Waals surface area contributed by atoms with Crippen LogP contribution in [0.25, 0.3) is 0 Å². The highest BCUT2D eigenvalue weighted by atomic mass is 16.5. The number of hydrogen-bond donors (Lipinski definition) is 0. The normalized spacial score (nSPS) is 9.87. The Bertz CT molecular complexity index is 944. The van der Waals surface area contributed by atoms with Crippen LogP contribution in [0.1, 0.15) is 22.6 Å². The molecule has 3 rings (SSSR count). The van der Waals surface area contributed by atoms with Gasteiger partial charge in [0.05, 0.1) is 0 Å². The van der Waals surface area contributed by atoms with Gasteiger partial charge in [-0.05, 0) is 53.1 Å². The molecule has 0 saturated carbocycles. The smallest absolute Gasteiger partial charge is 0.148 e. The molecule has 0 saturated heterocycles. The molecule has 0 fully saturated rings. The largest absolute Gasteiger partial charge is 0.481 e. The molecule has 3 aromatic carbocycles. The molecule has 0 aliphatic rings. The summed E-state index contributed by atoms with van der Waals surface area (Å²) in [5.74, 6) is 9.63. The summed E-state index contributed by atoms with van der Waals surface area (Å²) >= 11 is 0. The predicted molar refractivity (Wildman–Crippen MR) is 123 cm³/mol. The van der Waals surface area contributed by atoms with Gasteiger partial charge in [0.2, 0.25) is 0 Å². The second-order valence-electron chi connectivity index (χ2n) is 6.62. The van der Waals surface area contributed by atoms with Gasteiger partial charge < -0.3 is 14.2 Å². The maximum atomic E-state index is 5.51. The third-order valence-corrected chi connectivity index (χ3v) is 4.61. The van der Waals surface area contributed by atoms with Crippen LogP contribution in [0.5, 0.6) is 17.2 Å². The minimum atomic E-state index is 0.00468. The minimum absolute atomic E-state index is 0.00468. The zero-order valence-corrected chi connectivity index (χ0v) is 17.1. The zero-order valence-electron chi connectivity index (χ0n) is 17.1. The lowest BCUT2D eigenvalue weighted by Gasteiger charge is -2.20. The fraction of sp³-hybridized carbons (Fsp3) is 0.143. The molecule has 0 amide bonds. The molecule has 0 radical (unpaired) electrons.